The van der Waals surface area contributed by atoms with Gasteiger partial charge in [0.2, 0.25) is 0 Å². The fourth-order valence-corrected chi connectivity index (χ4v) is 4.60. The molecule has 0 atom stereocenters. The molecule has 0 spiro atoms. The van der Waals surface area contributed by atoms with Crippen molar-refractivity contribution in [1.29, 1.82) is 0 Å². The van der Waals surface area contributed by atoms with Gasteiger partial charge in [0.1, 0.15) is 19.0 Å². The van der Waals surface area contributed by atoms with Gasteiger partial charge in [0.25, 0.3) is 5.91 Å². The number of ether oxygens (including phenoxy) is 1. The van der Waals surface area contributed by atoms with Crippen LogP contribution in [0.25, 0.3) is 11.1 Å². The van der Waals surface area contributed by atoms with Crippen LogP contribution < -0.4 is 5.32 Å². The first-order chi connectivity index (χ1) is 16.9. The zero-order chi connectivity index (χ0) is 24.5. The van der Waals surface area contributed by atoms with Crippen molar-refractivity contribution in [2.75, 3.05) is 18.5 Å². The Bertz CT molecular complexity index is 1270. The molecule has 2 amide bonds. The number of rotatable bonds is 7. The number of hydrogen-bond acceptors (Lipinski definition) is 4. The predicted octanol–water partition coefficient (Wildman–Crippen LogP) is 4.88. The Labute approximate surface area is 201 Å². The highest BCUT2D eigenvalue weighted by Gasteiger charge is 2.34. The van der Waals surface area contributed by atoms with E-state index in [1.807, 2.05) is 48.5 Å². The molecule has 35 heavy (non-hydrogen) atoms. The summed E-state index contributed by atoms with van der Waals surface area (Å²) < 4.78 is 19.8. The molecule has 3 aromatic rings. The molecule has 1 saturated carbocycles. The van der Waals surface area contributed by atoms with Crippen molar-refractivity contribution in [2.45, 2.75) is 24.8 Å². The van der Waals surface area contributed by atoms with Gasteiger partial charge in [0, 0.05) is 23.2 Å². The number of hydrogen-bond donors (Lipinski definition) is 2. The number of carbonyl (C=O) groups excluding carboxylic acids is 2. The van der Waals surface area contributed by atoms with Crippen molar-refractivity contribution >= 4 is 23.7 Å². The minimum Gasteiger partial charge on any atom is -0.480 e. The summed E-state index contributed by atoms with van der Waals surface area (Å²) in [6.45, 7) is -0.371. The summed E-state index contributed by atoms with van der Waals surface area (Å²) in [5.41, 5.74) is 4.36. The molecule has 2 aliphatic rings. The van der Waals surface area contributed by atoms with Gasteiger partial charge in [-0.3, -0.25) is 14.9 Å². The highest BCUT2D eigenvalue weighted by Crippen LogP contribution is 2.44. The van der Waals surface area contributed by atoms with Crippen LogP contribution in [0.2, 0.25) is 0 Å². The number of amides is 2. The van der Waals surface area contributed by atoms with Crippen molar-refractivity contribution < 1.29 is 28.6 Å². The largest absolute Gasteiger partial charge is 0.480 e. The van der Waals surface area contributed by atoms with Crippen molar-refractivity contribution in [2.24, 2.45) is 0 Å². The molecule has 0 bridgehead atoms. The van der Waals surface area contributed by atoms with Crippen molar-refractivity contribution in [3.8, 4) is 11.1 Å². The molecule has 0 saturated heterocycles. The predicted molar refractivity (Wildman–Crippen MR) is 127 cm³/mol. The van der Waals surface area contributed by atoms with Crippen LogP contribution in [-0.2, 0) is 9.53 Å². The Balaban J connectivity index is 1.28. The summed E-state index contributed by atoms with van der Waals surface area (Å²) in [6.07, 6.45) is 0.638. The third-order valence-corrected chi connectivity index (χ3v) is 6.29. The number of fused-ring (bicyclic) bond motifs is 3. The molecule has 3 aromatic carbocycles. The molecule has 5 rings (SSSR count). The summed E-state index contributed by atoms with van der Waals surface area (Å²) in [6, 6.07) is 19.2. The number of nitrogens with one attached hydrogen (secondary N) is 1. The van der Waals surface area contributed by atoms with E-state index in [0.29, 0.717) is 12.8 Å². The Morgan fingerprint density at radius 1 is 0.971 bits per heavy atom. The molecule has 178 valence electrons. The highest BCUT2D eigenvalue weighted by atomic mass is 19.1. The molecule has 2 aliphatic carbocycles. The van der Waals surface area contributed by atoms with E-state index in [9.17, 15) is 18.8 Å². The molecular formula is C27H23FN2O5. The molecule has 0 aromatic heterocycles. The maximum absolute atomic E-state index is 14.3. The third-order valence-electron chi connectivity index (χ3n) is 6.29. The lowest BCUT2D eigenvalue weighted by Crippen LogP contribution is -2.37. The van der Waals surface area contributed by atoms with Crippen LogP contribution in [0.4, 0.5) is 14.9 Å². The number of carboxylic acids is 1. The standard InChI is InChI=1S/C27H23FN2O5/c28-17-11-16(26(33)30(14-25(31)32)19-9-10-19)12-18(13-17)29-27(34)35-15-24-22-7-3-1-5-20(22)21-6-2-4-8-23(21)24/h1-8,11-13,19,24H,9-10,14-15H2,(H,29,34)(H,31,32). The van der Waals surface area contributed by atoms with Gasteiger partial charge >= 0.3 is 12.1 Å². The van der Waals surface area contributed by atoms with Crippen molar-refractivity contribution in [3.63, 3.8) is 0 Å². The second-order valence-electron chi connectivity index (χ2n) is 8.74. The fourth-order valence-electron chi connectivity index (χ4n) is 4.60. The van der Waals surface area contributed by atoms with Crippen LogP contribution in [0.3, 0.4) is 0 Å². The fraction of sp³-hybridized carbons (Fsp3) is 0.222. The summed E-state index contributed by atoms with van der Waals surface area (Å²) in [4.78, 5) is 37.8. The Morgan fingerprint density at radius 2 is 1.60 bits per heavy atom. The molecule has 0 unspecified atom stereocenters. The van der Waals surface area contributed by atoms with Crippen molar-refractivity contribution in [1.82, 2.24) is 4.90 Å². The summed E-state index contributed by atoms with van der Waals surface area (Å²) in [7, 11) is 0. The van der Waals surface area contributed by atoms with Crippen LogP contribution in [0.1, 0.15) is 40.2 Å². The Hall–Kier alpha value is -4.20. The molecule has 0 aliphatic heterocycles. The lowest BCUT2D eigenvalue weighted by atomic mass is 9.98. The second-order valence-corrected chi connectivity index (χ2v) is 8.74. The third kappa shape index (κ3) is 4.73. The van der Waals surface area contributed by atoms with E-state index in [0.717, 1.165) is 34.4 Å². The summed E-state index contributed by atoms with van der Waals surface area (Å²) in [5.74, 6) is -2.58. The topological polar surface area (TPSA) is 95.9 Å². The van der Waals surface area contributed by atoms with E-state index >= 15 is 0 Å². The van der Waals surface area contributed by atoms with E-state index < -0.39 is 30.3 Å². The van der Waals surface area contributed by atoms with Gasteiger partial charge in [-0.1, -0.05) is 48.5 Å². The quantitative estimate of drug-likeness (QED) is 0.509. The maximum Gasteiger partial charge on any atom is 0.411 e. The number of nitrogens with zero attached hydrogens (tertiary/aromatic N) is 1. The lowest BCUT2D eigenvalue weighted by Gasteiger charge is -2.20. The zero-order valence-electron chi connectivity index (χ0n) is 18.7. The first-order valence-corrected chi connectivity index (χ1v) is 11.4. The number of halogens is 1. The van der Waals surface area contributed by atoms with Gasteiger partial charge < -0.3 is 14.7 Å². The van der Waals surface area contributed by atoms with Crippen LogP contribution in [-0.4, -0.2) is 47.2 Å². The molecular weight excluding hydrogens is 451 g/mol. The average molecular weight is 474 g/mol. The normalized spacial score (nSPS) is 14.1. The molecule has 0 heterocycles. The van der Waals surface area contributed by atoms with Crippen LogP contribution in [0.15, 0.2) is 66.7 Å². The van der Waals surface area contributed by atoms with Gasteiger partial charge in [-0.15, -0.1) is 0 Å². The van der Waals surface area contributed by atoms with Crippen LogP contribution in [0, 0.1) is 5.82 Å². The maximum atomic E-state index is 14.3. The van der Waals surface area contributed by atoms with Gasteiger partial charge in [0.15, 0.2) is 0 Å². The molecule has 8 heteroatoms. The number of anilines is 1. The monoisotopic (exact) mass is 474 g/mol. The van der Waals surface area contributed by atoms with Crippen LogP contribution in [0.5, 0.6) is 0 Å². The Morgan fingerprint density at radius 3 is 2.20 bits per heavy atom. The number of aliphatic carboxylic acids is 1. The van der Waals surface area contributed by atoms with E-state index in [2.05, 4.69) is 5.32 Å². The molecule has 1 fully saturated rings. The molecule has 0 radical (unpaired) electrons. The van der Waals surface area contributed by atoms with E-state index in [1.54, 1.807) is 0 Å². The average Bonchev–Trinajstić information content (AvgIpc) is 3.63. The number of carbonyl (C=O) groups is 3. The first-order valence-electron chi connectivity index (χ1n) is 11.4. The number of carboxylic acid groups (broad SMARTS) is 1. The van der Waals surface area contributed by atoms with Gasteiger partial charge in [-0.2, -0.15) is 0 Å². The van der Waals surface area contributed by atoms with Gasteiger partial charge in [-0.25, -0.2) is 9.18 Å². The van der Waals surface area contributed by atoms with Gasteiger partial charge in [0.05, 0.1) is 0 Å². The van der Waals surface area contributed by atoms with E-state index in [-0.39, 0.29) is 29.8 Å². The SMILES string of the molecule is O=C(O)CN(C(=O)c1cc(F)cc(NC(=O)OCC2c3ccccc3-c3ccccc32)c1)C1CC1. The zero-order valence-corrected chi connectivity index (χ0v) is 18.7. The summed E-state index contributed by atoms with van der Waals surface area (Å²) >= 11 is 0. The number of benzene rings is 3. The molecule has 7 nitrogen and oxygen atoms in total. The Kier molecular flexibility index (Phi) is 5.94. The van der Waals surface area contributed by atoms with Gasteiger partial charge in [-0.05, 0) is 53.3 Å². The van der Waals surface area contributed by atoms with E-state index in [1.165, 1.54) is 11.0 Å². The van der Waals surface area contributed by atoms with Crippen molar-refractivity contribution in [3.05, 3.63) is 89.2 Å². The second kappa shape index (κ2) is 9.21. The lowest BCUT2D eigenvalue weighted by molar-refractivity contribution is -0.137. The summed E-state index contributed by atoms with van der Waals surface area (Å²) in [5, 5.41) is 11.6. The minimum atomic E-state index is -1.14. The minimum absolute atomic E-state index is 0.0351. The smallest absolute Gasteiger partial charge is 0.411 e. The highest BCUT2D eigenvalue weighted by molar-refractivity contribution is 5.98. The molecule has 2 N–H and O–H groups in total. The first kappa shape index (κ1) is 22.6. The van der Waals surface area contributed by atoms with E-state index in [4.69, 9.17) is 9.84 Å². The van der Waals surface area contributed by atoms with Crippen LogP contribution >= 0.6 is 0 Å².